The molecule has 1 aromatic rings. The van der Waals surface area contributed by atoms with Crippen LogP contribution in [0.3, 0.4) is 0 Å². The Balaban J connectivity index is 2.74. The first kappa shape index (κ1) is 18.0. The fourth-order valence-electron chi connectivity index (χ4n) is 2.39. The molecule has 1 amide bonds. The number of ether oxygens (including phenoxy) is 1. The molecular formula is C17H25NO4. The van der Waals surface area contributed by atoms with Gasteiger partial charge in [-0.3, -0.25) is 9.59 Å². The molecule has 0 aromatic heterocycles. The van der Waals surface area contributed by atoms with Gasteiger partial charge in [0.25, 0.3) is 0 Å². The average Bonchev–Trinajstić information content (AvgIpc) is 2.50. The molecule has 0 fully saturated rings. The van der Waals surface area contributed by atoms with Crippen molar-refractivity contribution in [1.29, 1.82) is 0 Å². The first-order valence-corrected chi connectivity index (χ1v) is 7.71. The number of methoxy groups -OCH3 is 1. The van der Waals surface area contributed by atoms with Gasteiger partial charge in [-0.15, -0.1) is 0 Å². The highest BCUT2D eigenvalue weighted by Crippen LogP contribution is 2.28. The van der Waals surface area contributed by atoms with Crippen LogP contribution in [0.15, 0.2) is 18.2 Å². The molecule has 0 aliphatic rings. The highest BCUT2D eigenvalue weighted by Gasteiger charge is 2.25. The third kappa shape index (κ3) is 5.06. The molecule has 1 aromatic carbocycles. The Labute approximate surface area is 131 Å². The number of Topliss-reactive ketones (excluding diaryl/α,β-unsaturated/α-hetero) is 1. The molecule has 3 N–H and O–H groups in total. The van der Waals surface area contributed by atoms with E-state index in [0.29, 0.717) is 12.0 Å². The van der Waals surface area contributed by atoms with Gasteiger partial charge in [-0.25, -0.2) is 0 Å². The molecule has 0 radical (unpaired) electrons. The van der Waals surface area contributed by atoms with Gasteiger partial charge in [0, 0.05) is 5.56 Å². The van der Waals surface area contributed by atoms with Crippen molar-refractivity contribution < 1.29 is 19.4 Å². The Hall–Kier alpha value is -2.04. The zero-order valence-electron chi connectivity index (χ0n) is 13.3. The molecule has 122 valence electrons. The summed E-state index contributed by atoms with van der Waals surface area (Å²) in [4.78, 5) is 24.0. The second kappa shape index (κ2) is 9.07. The van der Waals surface area contributed by atoms with Crippen LogP contribution >= 0.6 is 0 Å². The lowest BCUT2D eigenvalue weighted by atomic mass is 9.91. The Kier molecular flexibility index (Phi) is 7.43. The predicted molar refractivity (Wildman–Crippen MR) is 85.0 cm³/mol. The van der Waals surface area contributed by atoms with Crippen molar-refractivity contribution >= 4 is 11.7 Å². The summed E-state index contributed by atoms with van der Waals surface area (Å²) in [6, 6.07) is 4.29. The van der Waals surface area contributed by atoms with Crippen molar-refractivity contribution in [2.75, 3.05) is 7.11 Å². The average molecular weight is 307 g/mol. The van der Waals surface area contributed by atoms with Gasteiger partial charge in [-0.05, 0) is 24.6 Å². The Morgan fingerprint density at radius 3 is 2.50 bits per heavy atom. The molecule has 0 spiro atoms. The first-order chi connectivity index (χ1) is 10.5. The van der Waals surface area contributed by atoms with E-state index >= 15 is 0 Å². The molecule has 1 unspecified atom stereocenters. The maximum atomic E-state index is 12.4. The first-order valence-electron chi connectivity index (χ1n) is 7.71. The number of ketones is 1. The van der Waals surface area contributed by atoms with Gasteiger partial charge in [-0.2, -0.15) is 0 Å². The Bertz CT molecular complexity index is 513. The summed E-state index contributed by atoms with van der Waals surface area (Å²) >= 11 is 0. The van der Waals surface area contributed by atoms with E-state index in [2.05, 4.69) is 6.92 Å². The minimum Gasteiger partial charge on any atom is -0.504 e. The van der Waals surface area contributed by atoms with E-state index in [0.717, 1.165) is 32.1 Å². The summed E-state index contributed by atoms with van der Waals surface area (Å²) in [5.74, 6) is -1.59. The number of primary amides is 1. The topological polar surface area (TPSA) is 89.6 Å². The fraction of sp³-hybridized carbons (Fsp3) is 0.529. The molecule has 0 aliphatic heterocycles. The number of carbonyl (C=O) groups excluding carboxylic acids is 2. The number of hydrogen-bond donors (Lipinski definition) is 2. The van der Waals surface area contributed by atoms with Crippen LogP contribution in [0.1, 0.15) is 55.8 Å². The summed E-state index contributed by atoms with van der Waals surface area (Å²) in [5.41, 5.74) is 5.70. The SMILES string of the molecule is CCCCCCCC(C(N)=O)C(=O)c1ccc(O)c(OC)c1. The standard InChI is InChI=1S/C17H25NO4/c1-3-4-5-6-7-8-13(17(18)21)16(20)12-9-10-14(19)15(11-12)22-2/h9-11,13,19H,3-8H2,1-2H3,(H2,18,21). The van der Waals surface area contributed by atoms with Crippen molar-refractivity contribution in [3.63, 3.8) is 0 Å². The molecule has 0 saturated carbocycles. The van der Waals surface area contributed by atoms with E-state index in [4.69, 9.17) is 10.5 Å². The van der Waals surface area contributed by atoms with Gasteiger partial charge in [0.1, 0.15) is 5.92 Å². The van der Waals surface area contributed by atoms with Crippen LogP contribution in [0.5, 0.6) is 11.5 Å². The number of phenols is 1. The monoisotopic (exact) mass is 307 g/mol. The van der Waals surface area contributed by atoms with Gasteiger partial charge < -0.3 is 15.6 Å². The minimum absolute atomic E-state index is 0.0470. The van der Waals surface area contributed by atoms with Crippen molar-refractivity contribution in [1.82, 2.24) is 0 Å². The molecule has 5 heteroatoms. The van der Waals surface area contributed by atoms with Crippen LogP contribution < -0.4 is 10.5 Å². The van der Waals surface area contributed by atoms with Crippen molar-refractivity contribution in [2.24, 2.45) is 11.7 Å². The fourth-order valence-corrected chi connectivity index (χ4v) is 2.39. The lowest BCUT2D eigenvalue weighted by Crippen LogP contribution is -2.30. The van der Waals surface area contributed by atoms with Gasteiger partial charge in [0.15, 0.2) is 17.3 Å². The number of unbranched alkanes of at least 4 members (excludes halogenated alkanes) is 4. The molecule has 1 atom stereocenters. The van der Waals surface area contributed by atoms with Gasteiger partial charge in [0.2, 0.25) is 5.91 Å². The van der Waals surface area contributed by atoms with Crippen LogP contribution in [0.4, 0.5) is 0 Å². The summed E-state index contributed by atoms with van der Waals surface area (Å²) < 4.78 is 4.98. The van der Waals surface area contributed by atoms with E-state index < -0.39 is 11.8 Å². The maximum absolute atomic E-state index is 12.4. The molecule has 1 rings (SSSR count). The number of amides is 1. The molecule has 0 bridgehead atoms. The summed E-state index contributed by atoms with van der Waals surface area (Å²) in [7, 11) is 1.41. The van der Waals surface area contributed by atoms with Gasteiger partial charge in [-0.1, -0.05) is 39.0 Å². The largest absolute Gasteiger partial charge is 0.504 e. The van der Waals surface area contributed by atoms with E-state index in [1.807, 2.05) is 0 Å². The van der Waals surface area contributed by atoms with Gasteiger partial charge >= 0.3 is 0 Å². The van der Waals surface area contributed by atoms with Crippen LogP contribution in [0, 0.1) is 5.92 Å². The molecule has 0 saturated heterocycles. The summed E-state index contributed by atoms with van der Waals surface area (Å²) in [6.07, 6.45) is 5.65. The summed E-state index contributed by atoms with van der Waals surface area (Å²) in [6.45, 7) is 2.13. The molecule has 22 heavy (non-hydrogen) atoms. The highest BCUT2D eigenvalue weighted by atomic mass is 16.5. The van der Waals surface area contributed by atoms with Crippen molar-refractivity contribution in [2.45, 2.75) is 45.4 Å². The van der Waals surface area contributed by atoms with Crippen LogP contribution in [-0.4, -0.2) is 23.9 Å². The normalized spacial score (nSPS) is 11.9. The smallest absolute Gasteiger partial charge is 0.228 e. The lowest BCUT2D eigenvalue weighted by molar-refractivity contribution is -0.120. The molecule has 0 aliphatic carbocycles. The number of carbonyl (C=O) groups is 2. The Morgan fingerprint density at radius 2 is 1.91 bits per heavy atom. The number of rotatable bonds is 10. The van der Waals surface area contributed by atoms with E-state index in [9.17, 15) is 14.7 Å². The van der Waals surface area contributed by atoms with Crippen molar-refractivity contribution in [3.8, 4) is 11.5 Å². The quantitative estimate of drug-likeness (QED) is 0.395. The predicted octanol–water partition coefficient (Wildman–Crippen LogP) is 3.05. The zero-order chi connectivity index (χ0) is 16.5. The van der Waals surface area contributed by atoms with Crippen LogP contribution in [0.2, 0.25) is 0 Å². The minimum atomic E-state index is -0.823. The van der Waals surface area contributed by atoms with Gasteiger partial charge in [0.05, 0.1) is 7.11 Å². The summed E-state index contributed by atoms with van der Waals surface area (Å²) in [5, 5.41) is 9.56. The second-order valence-corrected chi connectivity index (χ2v) is 5.41. The third-order valence-electron chi connectivity index (χ3n) is 3.72. The number of aromatic hydroxyl groups is 1. The number of hydrogen-bond acceptors (Lipinski definition) is 4. The van der Waals surface area contributed by atoms with Crippen LogP contribution in [0.25, 0.3) is 0 Å². The third-order valence-corrected chi connectivity index (χ3v) is 3.72. The second-order valence-electron chi connectivity index (χ2n) is 5.41. The zero-order valence-corrected chi connectivity index (χ0v) is 13.3. The number of benzene rings is 1. The molecular weight excluding hydrogens is 282 g/mol. The van der Waals surface area contributed by atoms with E-state index in [1.165, 1.54) is 25.3 Å². The van der Waals surface area contributed by atoms with E-state index in [1.54, 1.807) is 0 Å². The number of nitrogens with two attached hydrogens (primary N) is 1. The molecule has 5 nitrogen and oxygen atoms in total. The van der Waals surface area contributed by atoms with E-state index in [-0.39, 0.29) is 17.3 Å². The lowest BCUT2D eigenvalue weighted by Gasteiger charge is -2.13. The number of phenolic OH excluding ortho intramolecular Hbond substituents is 1. The molecule has 0 heterocycles. The maximum Gasteiger partial charge on any atom is 0.228 e. The van der Waals surface area contributed by atoms with Crippen LogP contribution in [-0.2, 0) is 4.79 Å². The van der Waals surface area contributed by atoms with Crippen molar-refractivity contribution in [3.05, 3.63) is 23.8 Å². The Morgan fingerprint density at radius 1 is 1.23 bits per heavy atom. The highest BCUT2D eigenvalue weighted by molar-refractivity contribution is 6.09.